The second-order valence-electron chi connectivity index (χ2n) is 3.96. The number of carboxylic acid groups (broad SMARTS) is 1. The Kier molecular flexibility index (Phi) is 5.33. The maximum absolute atomic E-state index is 14.5. The fourth-order valence-corrected chi connectivity index (χ4v) is 1.82. The molecular weight excluding hydrogens is 291 g/mol. The van der Waals surface area contributed by atoms with E-state index in [0.29, 0.717) is 0 Å². The number of benzene rings is 1. The molecule has 20 heavy (non-hydrogen) atoms. The fourth-order valence-electron chi connectivity index (χ4n) is 1.63. The van der Waals surface area contributed by atoms with E-state index in [4.69, 9.17) is 21.4 Å². The van der Waals surface area contributed by atoms with Crippen molar-refractivity contribution in [2.45, 2.75) is 19.0 Å². The lowest BCUT2D eigenvalue weighted by molar-refractivity contribution is -0.170. The average Bonchev–Trinajstić information content (AvgIpc) is 2.38. The highest BCUT2D eigenvalue weighted by molar-refractivity contribution is 6.30. The smallest absolute Gasteiger partial charge is 0.356 e. The van der Waals surface area contributed by atoms with Gasteiger partial charge >= 0.3 is 17.6 Å². The summed E-state index contributed by atoms with van der Waals surface area (Å²) in [5, 5.41) is 9.25. The Labute approximate surface area is 120 Å². The average molecular weight is 305 g/mol. The maximum Gasteiger partial charge on any atom is 0.356 e. The summed E-state index contributed by atoms with van der Waals surface area (Å²) in [5.74, 6) is -3.13. The minimum absolute atomic E-state index is 0.121. The Balaban J connectivity index is 3.17. The minimum atomic E-state index is -3.19. The van der Waals surface area contributed by atoms with Crippen molar-refractivity contribution in [1.29, 1.82) is 0 Å². The van der Waals surface area contributed by atoms with E-state index in [1.165, 1.54) is 32.2 Å². The first-order chi connectivity index (χ1) is 9.35. The predicted molar refractivity (Wildman–Crippen MR) is 69.8 cm³/mol. The van der Waals surface area contributed by atoms with Crippen LogP contribution in [0.5, 0.6) is 5.75 Å². The molecule has 7 heteroatoms. The molecule has 0 bridgehead atoms. The molecule has 0 aliphatic carbocycles. The molecule has 0 amide bonds. The van der Waals surface area contributed by atoms with E-state index >= 15 is 0 Å². The first-order valence-electron chi connectivity index (χ1n) is 5.77. The topological polar surface area (TPSA) is 72.8 Å². The Bertz CT molecular complexity index is 519. The van der Waals surface area contributed by atoms with Gasteiger partial charge in [-0.3, -0.25) is 0 Å². The van der Waals surface area contributed by atoms with Crippen LogP contribution in [0.2, 0.25) is 5.02 Å². The van der Waals surface area contributed by atoms with Gasteiger partial charge in [0.25, 0.3) is 0 Å². The third kappa shape index (κ3) is 3.39. The van der Waals surface area contributed by atoms with Crippen LogP contribution in [-0.2, 0) is 20.7 Å². The molecule has 0 fully saturated rings. The number of aliphatic carboxylic acids is 1. The van der Waals surface area contributed by atoms with E-state index in [-0.39, 0.29) is 22.9 Å². The van der Waals surface area contributed by atoms with Crippen LogP contribution in [-0.4, -0.2) is 36.4 Å². The van der Waals surface area contributed by atoms with E-state index in [2.05, 4.69) is 4.74 Å². The van der Waals surface area contributed by atoms with Crippen molar-refractivity contribution in [2.24, 2.45) is 0 Å². The van der Waals surface area contributed by atoms with Crippen LogP contribution in [0.1, 0.15) is 12.5 Å². The fraction of sp³-hybridized carbons (Fsp3) is 0.385. The molecule has 0 saturated heterocycles. The van der Waals surface area contributed by atoms with Gasteiger partial charge in [0.05, 0.1) is 13.7 Å². The number of rotatable bonds is 6. The maximum atomic E-state index is 14.5. The van der Waals surface area contributed by atoms with Crippen LogP contribution in [0.25, 0.3) is 0 Å². The summed E-state index contributed by atoms with van der Waals surface area (Å²) in [6, 6.07) is 4.32. The molecular formula is C13H14ClFO5. The lowest BCUT2D eigenvalue weighted by Crippen LogP contribution is -2.45. The Morgan fingerprint density at radius 2 is 2.10 bits per heavy atom. The summed E-state index contributed by atoms with van der Waals surface area (Å²) < 4.78 is 23.9. The van der Waals surface area contributed by atoms with Crippen molar-refractivity contribution in [3.8, 4) is 5.75 Å². The monoisotopic (exact) mass is 304 g/mol. The summed E-state index contributed by atoms with van der Waals surface area (Å²) in [7, 11) is 1.35. The molecule has 0 spiro atoms. The number of carbonyl (C=O) groups is 2. The molecule has 0 radical (unpaired) electrons. The number of ether oxygens (including phenoxy) is 2. The van der Waals surface area contributed by atoms with Gasteiger partial charge in [0.15, 0.2) is 0 Å². The summed E-state index contributed by atoms with van der Waals surface area (Å²) >= 11 is 5.78. The number of methoxy groups -OCH3 is 1. The van der Waals surface area contributed by atoms with Gasteiger partial charge in [-0.2, -0.15) is 0 Å². The van der Waals surface area contributed by atoms with Crippen molar-refractivity contribution in [1.82, 2.24) is 0 Å². The largest absolute Gasteiger partial charge is 0.496 e. The lowest BCUT2D eigenvalue weighted by atomic mass is 9.95. The zero-order valence-corrected chi connectivity index (χ0v) is 11.7. The summed E-state index contributed by atoms with van der Waals surface area (Å²) in [6.45, 7) is 1.34. The summed E-state index contributed by atoms with van der Waals surface area (Å²) in [6.07, 6.45) is -0.731. The van der Waals surface area contributed by atoms with Crippen LogP contribution in [0, 0.1) is 0 Å². The standard InChI is InChI=1S/C13H14ClFO5/c1-3-20-12(18)13(15,11(16)17)7-8-6-9(14)4-5-10(8)19-2/h4-6H,3,7H2,1-2H3,(H,16,17). The van der Waals surface area contributed by atoms with Gasteiger partial charge in [0.2, 0.25) is 0 Å². The zero-order valence-electron chi connectivity index (χ0n) is 11.0. The zero-order chi connectivity index (χ0) is 15.3. The van der Waals surface area contributed by atoms with Gasteiger partial charge in [-0.1, -0.05) is 11.6 Å². The van der Waals surface area contributed by atoms with Crippen molar-refractivity contribution in [3.05, 3.63) is 28.8 Å². The van der Waals surface area contributed by atoms with Crippen LogP contribution in [0.4, 0.5) is 4.39 Å². The lowest BCUT2D eigenvalue weighted by Gasteiger charge is -2.20. The van der Waals surface area contributed by atoms with Gasteiger partial charge in [-0.05, 0) is 30.7 Å². The SMILES string of the molecule is CCOC(=O)C(F)(Cc1cc(Cl)ccc1OC)C(=O)O. The molecule has 0 aromatic heterocycles. The highest BCUT2D eigenvalue weighted by atomic mass is 35.5. The van der Waals surface area contributed by atoms with Crippen LogP contribution < -0.4 is 4.74 Å². The molecule has 0 heterocycles. The Morgan fingerprint density at radius 1 is 1.45 bits per heavy atom. The molecule has 1 rings (SSSR count). The molecule has 5 nitrogen and oxygen atoms in total. The first kappa shape index (κ1) is 16.2. The molecule has 0 aliphatic heterocycles. The van der Waals surface area contributed by atoms with E-state index in [9.17, 15) is 14.0 Å². The van der Waals surface area contributed by atoms with Crippen molar-refractivity contribution >= 4 is 23.5 Å². The van der Waals surface area contributed by atoms with Crippen molar-refractivity contribution in [2.75, 3.05) is 13.7 Å². The van der Waals surface area contributed by atoms with Gasteiger partial charge in [-0.25, -0.2) is 14.0 Å². The van der Waals surface area contributed by atoms with Crippen LogP contribution >= 0.6 is 11.6 Å². The Hall–Kier alpha value is -1.82. The van der Waals surface area contributed by atoms with E-state index in [0.717, 1.165) is 0 Å². The van der Waals surface area contributed by atoms with Gasteiger partial charge < -0.3 is 14.6 Å². The highest BCUT2D eigenvalue weighted by Gasteiger charge is 2.49. The Morgan fingerprint density at radius 3 is 2.60 bits per heavy atom. The van der Waals surface area contributed by atoms with Crippen LogP contribution in [0.15, 0.2) is 18.2 Å². The van der Waals surface area contributed by atoms with E-state index < -0.39 is 24.0 Å². The normalized spacial score (nSPS) is 13.4. The number of hydrogen-bond donors (Lipinski definition) is 1. The first-order valence-corrected chi connectivity index (χ1v) is 6.15. The molecule has 110 valence electrons. The van der Waals surface area contributed by atoms with Crippen molar-refractivity contribution in [3.63, 3.8) is 0 Å². The molecule has 1 unspecified atom stereocenters. The second kappa shape index (κ2) is 6.56. The number of esters is 1. The number of carbonyl (C=O) groups excluding carboxylic acids is 1. The van der Waals surface area contributed by atoms with Gasteiger partial charge in [0, 0.05) is 11.4 Å². The highest BCUT2D eigenvalue weighted by Crippen LogP contribution is 2.29. The molecule has 0 aliphatic rings. The second-order valence-corrected chi connectivity index (χ2v) is 4.40. The quantitative estimate of drug-likeness (QED) is 0.644. The number of hydrogen-bond acceptors (Lipinski definition) is 4. The summed E-state index contributed by atoms with van der Waals surface area (Å²) in [5.41, 5.74) is -3.02. The molecule has 1 N–H and O–H groups in total. The third-order valence-corrected chi connectivity index (χ3v) is 2.85. The van der Waals surface area contributed by atoms with E-state index in [1.807, 2.05) is 0 Å². The van der Waals surface area contributed by atoms with Crippen molar-refractivity contribution < 1.29 is 28.6 Å². The van der Waals surface area contributed by atoms with Gasteiger partial charge in [-0.15, -0.1) is 0 Å². The number of carboxylic acids is 1. The molecule has 1 atom stereocenters. The molecule has 0 saturated carbocycles. The van der Waals surface area contributed by atoms with Gasteiger partial charge in [0.1, 0.15) is 5.75 Å². The predicted octanol–water partition coefficient (Wildman–Crippen LogP) is 2.25. The molecule has 1 aromatic carbocycles. The minimum Gasteiger partial charge on any atom is -0.496 e. The van der Waals surface area contributed by atoms with E-state index in [1.54, 1.807) is 0 Å². The van der Waals surface area contributed by atoms with Crippen LogP contribution in [0.3, 0.4) is 0 Å². The third-order valence-electron chi connectivity index (χ3n) is 2.61. The molecule has 1 aromatic rings. The number of halogens is 2. The summed E-state index contributed by atoms with van der Waals surface area (Å²) in [4.78, 5) is 22.6. The number of alkyl halides is 1.